The standard InChI is InChI=1S/C16H21N3O2S.C2HF3O2/c1-17-8-14(20)19(13-4-7-22-9-13)11-16(17)5-6-18(10-16)15(21)12-2-3-12;3-2(4,5)1(6)7/h4,7,9,12H,2-3,5-6,8,10-11H2,1H3;(H,6,7). The Kier molecular flexibility index (Phi) is 5.91. The van der Waals surface area contributed by atoms with E-state index in [9.17, 15) is 22.8 Å². The zero-order chi connectivity index (χ0) is 21.4. The van der Waals surface area contributed by atoms with Crippen molar-refractivity contribution in [3.05, 3.63) is 16.8 Å². The highest BCUT2D eigenvalue weighted by atomic mass is 32.1. The summed E-state index contributed by atoms with van der Waals surface area (Å²) in [6, 6.07) is 2.00. The first kappa shape index (κ1) is 21.6. The predicted molar refractivity (Wildman–Crippen MR) is 99.6 cm³/mol. The van der Waals surface area contributed by atoms with Gasteiger partial charge in [-0.1, -0.05) is 0 Å². The van der Waals surface area contributed by atoms with E-state index >= 15 is 0 Å². The molecule has 1 spiro atoms. The second kappa shape index (κ2) is 7.94. The monoisotopic (exact) mass is 433 g/mol. The van der Waals surface area contributed by atoms with Crippen LogP contribution in [0, 0.1) is 5.92 Å². The van der Waals surface area contributed by atoms with Crippen LogP contribution in [0.5, 0.6) is 0 Å². The highest BCUT2D eigenvalue weighted by molar-refractivity contribution is 7.08. The van der Waals surface area contributed by atoms with E-state index in [1.165, 1.54) is 0 Å². The van der Waals surface area contributed by atoms with Crippen molar-refractivity contribution in [2.75, 3.05) is 38.1 Å². The number of carboxylic acids is 1. The van der Waals surface area contributed by atoms with Crippen LogP contribution in [-0.4, -0.2) is 77.6 Å². The van der Waals surface area contributed by atoms with Crippen LogP contribution in [0.15, 0.2) is 16.8 Å². The molecule has 1 saturated carbocycles. The number of likely N-dealkylation sites (N-methyl/N-ethyl adjacent to an activating group) is 1. The Bertz CT molecular complexity index is 782. The largest absolute Gasteiger partial charge is 0.490 e. The summed E-state index contributed by atoms with van der Waals surface area (Å²) in [6.45, 7) is 2.70. The molecule has 0 radical (unpaired) electrons. The molecule has 2 saturated heterocycles. The van der Waals surface area contributed by atoms with Gasteiger partial charge in [-0.3, -0.25) is 14.5 Å². The molecule has 1 atom stereocenters. The van der Waals surface area contributed by atoms with Gasteiger partial charge in [0.05, 0.1) is 17.8 Å². The third-order valence-electron chi connectivity index (χ3n) is 5.57. The summed E-state index contributed by atoms with van der Waals surface area (Å²) in [4.78, 5) is 39.7. The Morgan fingerprint density at radius 2 is 1.93 bits per heavy atom. The van der Waals surface area contributed by atoms with Crippen LogP contribution in [0.4, 0.5) is 18.9 Å². The van der Waals surface area contributed by atoms with Gasteiger partial charge in [-0.2, -0.15) is 24.5 Å². The molecule has 1 aromatic heterocycles. The maximum atomic E-state index is 12.4. The molecule has 160 valence electrons. The fourth-order valence-electron chi connectivity index (χ4n) is 3.68. The first-order chi connectivity index (χ1) is 13.5. The highest BCUT2D eigenvalue weighted by Crippen LogP contribution is 2.37. The van der Waals surface area contributed by atoms with Crippen molar-refractivity contribution in [3.63, 3.8) is 0 Å². The molecule has 1 N–H and O–H groups in total. The van der Waals surface area contributed by atoms with Crippen molar-refractivity contribution in [1.29, 1.82) is 0 Å². The molecule has 4 rings (SSSR count). The molecule has 1 aromatic rings. The maximum absolute atomic E-state index is 12.4. The molecule has 2 amide bonds. The number of amides is 2. The zero-order valence-corrected chi connectivity index (χ0v) is 16.6. The second-order valence-electron chi connectivity index (χ2n) is 7.63. The van der Waals surface area contributed by atoms with Gasteiger partial charge < -0.3 is 14.9 Å². The summed E-state index contributed by atoms with van der Waals surface area (Å²) in [5, 5.41) is 11.2. The van der Waals surface area contributed by atoms with Crippen LogP contribution in [0.1, 0.15) is 19.3 Å². The quantitative estimate of drug-likeness (QED) is 0.772. The Morgan fingerprint density at radius 1 is 1.28 bits per heavy atom. The summed E-state index contributed by atoms with van der Waals surface area (Å²) in [7, 11) is 2.02. The number of anilines is 1. The second-order valence-corrected chi connectivity index (χ2v) is 8.41. The number of aliphatic carboxylic acids is 1. The molecule has 11 heteroatoms. The van der Waals surface area contributed by atoms with Gasteiger partial charge in [-0.05, 0) is 37.8 Å². The number of nitrogens with zero attached hydrogens (tertiary/aromatic N) is 3. The van der Waals surface area contributed by atoms with Crippen molar-refractivity contribution < 1.29 is 32.7 Å². The van der Waals surface area contributed by atoms with E-state index in [1.54, 1.807) is 11.3 Å². The van der Waals surface area contributed by atoms with Crippen LogP contribution < -0.4 is 4.90 Å². The maximum Gasteiger partial charge on any atom is 0.490 e. The molecule has 3 aliphatic rings. The van der Waals surface area contributed by atoms with Crippen molar-refractivity contribution in [3.8, 4) is 0 Å². The third kappa shape index (κ3) is 4.72. The van der Waals surface area contributed by atoms with Gasteiger partial charge in [0.15, 0.2) is 0 Å². The summed E-state index contributed by atoms with van der Waals surface area (Å²) in [5.74, 6) is -2.01. The Balaban J connectivity index is 0.000000298. The number of hydrogen-bond donors (Lipinski definition) is 1. The van der Waals surface area contributed by atoms with Crippen LogP contribution >= 0.6 is 11.3 Å². The predicted octanol–water partition coefficient (Wildman–Crippen LogP) is 2.04. The van der Waals surface area contributed by atoms with Crippen LogP contribution in [0.25, 0.3) is 0 Å². The summed E-state index contributed by atoms with van der Waals surface area (Å²) in [6.07, 6.45) is -2.02. The van der Waals surface area contributed by atoms with Gasteiger partial charge in [0, 0.05) is 30.9 Å². The number of carboxylic acid groups (broad SMARTS) is 1. The number of thiophene rings is 1. The number of hydrogen-bond acceptors (Lipinski definition) is 5. The van der Waals surface area contributed by atoms with Gasteiger partial charge in [-0.15, -0.1) is 0 Å². The fraction of sp³-hybridized carbons (Fsp3) is 0.611. The minimum atomic E-state index is -5.08. The van der Waals surface area contributed by atoms with Gasteiger partial charge >= 0.3 is 12.1 Å². The van der Waals surface area contributed by atoms with Crippen molar-refractivity contribution in [1.82, 2.24) is 9.80 Å². The molecular formula is C18H22F3N3O4S. The van der Waals surface area contributed by atoms with E-state index in [4.69, 9.17) is 9.90 Å². The average molecular weight is 433 g/mol. The Labute approximate surface area is 169 Å². The lowest BCUT2D eigenvalue weighted by molar-refractivity contribution is -0.192. The molecule has 0 bridgehead atoms. The van der Waals surface area contributed by atoms with Gasteiger partial charge in [0.25, 0.3) is 0 Å². The van der Waals surface area contributed by atoms with Crippen molar-refractivity contribution >= 4 is 34.8 Å². The molecule has 29 heavy (non-hydrogen) atoms. The zero-order valence-electron chi connectivity index (χ0n) is 15.8. The van der Waals surface area contributed by atoms with Gasteiger partial charge in [0.1, 0.15) is 0 Å². The van der Waals surface area contributed by atoms with E-state index in [0.717, 1.165) is 38.0 Å². The minimum Gasteiger partial charge on any atom is -0.475 e. The summed E-state index contributed by atoms with van der Waals surface area (Å²) >= 11 is 1.61. The fourth-order valence-corrected chi connectivity index (χ4v) is 4.32. The molecule has 7 nitrogen and oxygen atoms in total. The molecule has 3 fully saturated rings. The number of piperazine rings is 1. The SMILES string of the molecule is CN1CC(=O)N(c2ccsc2)CC12CCN(C(=O)C1CC1)C2.O=C(O)C(F)(F)F. The molecular weight excluding hydrogens is 411 g/mol. The van der Waals surface area contributed by atoms with E-state index in [2.05, 4.69) is 4.90 Å². The average Bonchev–Trinajstić information content (AvgIpc) is 3.17. The van der Waals surface area contributed by atoms with Crippen molar-refractivity contribution in [2.24, 2.45) is 5.92 Å². The molecule has 2 aliphatic heterocycles. The minimum absolute atomic E-state index is 0.0829. The van der Waals surface area contributed by atoms with E-state index in [0.29, 0.717) is 19.0 Å². The molecule has 1 aliphatic carbocycles. The van der Waals surface area contributed by atoms with E-state index in [-0.39, 0.29) is 17.4 Å². The number of carbonyl (C=O) groups is 3. The lowest BCUT2D eigenvalue weighted by Crippen LogP contribution is -2.64. The number of carbonyl (C=O) groups excluding carboxylic acids is 2. The Morgan fingerprint density at radius 3 is 2.45 bits per heavy atom. The number of halogens is 3. The highest BCUT2D eigenvalue weighted by Gasteiger charge is 2.50. The summed E-state index contributed by atoms with van der Waals surface area (Å²) in [5.41, 5.74) is 0.912. The van der Waals surface area contributed by atoms with Gasteiger partial charge in [0.2, 0.25) is 11.8 Å². The summed E-state index contributed by atoms with van der Waals surface area (Å²) < 4.78 is 31.7. The molecule has 0 aromatic carbocycles. The smallest absolute Gasteiger partial charge is 0.475 e. The third-order valence-corrected chi connectivity index (χ3v) is 6.24. The van der Waals surface area contributed by atoms with Crippen LogP contribution in [0.2, 0.25) is 0 Å². The first-order valence-corrected chi connectivity index (χ1v) is 10.1. The number of rotatable bonds is 2. The van der Waals surface area contributed by atoms with E-state index < -0.39 is 12.1 Å². The van der Waals surface area contributed by atoms with E-state index in [1.807, 2.05) is 33.7 Å². The lowest BCUT2D eigenvalue weighted by atomic mass is 9.93. The molecule has 1 unspecified atom stereocenters. The molecule has 3 heterocycles. The normalized spacial score (nSPS) is 25.2. The van der Waals surface area contributed by atoms with Crippen molar-refractivity contribution in [2.45, 2.75) is 31.0 Å². The first-order valence-electron chi connectivity index (χ1n) is 9.16. The van der Waals surface area contributed by atoms with Crippen LogP contribution in [-0.2, 0) is 14.4 Å². The topological polar surface area (TPSA) is 81.2 Å². The number of alkyl halides is 3. The lowest BCUT2D eigenvalue weighted by Gasteiger charge is -2.46. The van der Waals surface area contributed by atoms with Crippen LogP contribution in [0.3, 0.4) is 0 Å². The number of likely N-dealkylation sites (tertiary alicyclic amines) is 1. The Hall–Kier alpha value is -2.14. The van der Waals surface area contributed by atoms with Gasteiger partial charge in [-0.25, -0.2) is 4.79 Å².